The van der Waals surface area contributed by atoms with Gasteiger partial charge in [-0.05, 0) is 24.1 Å². The number of imidazole rings is 1. The molecule has 1 heterocycles. The molecule has 0 aliphatic heterocycles. The minimum atomic E-state index is 0.371. The zero-order valence-electron chi connectivity index (χ0n) is 11.6. The molecular weight excluding hydrogens is 339 g/mol. The maximum atomic E-state index is 6.07. The molecular formula is C17H13Cl3N2. The Labute approximate surface area is 144 Å². The molecule has 0 spiro atoms. The van der Waals surface area contributed by atoms with E-state index in [4.69, 9.17) is 34.8 Å². The average Bonchev–Trinajstić information content (AvgIpc) is 3.00. The van der Waals surface area contributed by atoms with Gasteiger partial charge in [0.2, 0.25) is 0 Å². The Morgan fingerprint density at radius 1 is 0.909 bits per heavy atom. The van der Waals surface area contributed by atoms with Crippen LogP contribution in [0.2, 0.25) is 15.1 Å². The summed E-state index contributed by atoms with van der Waals surface area (Å²) < 4.78 is 0. The summed E-state index contributed by atoms with van der Waals surface area (Å²) in [6.45, 7) is 0. The molecule has 3 rings (SSSR count). The van der Waals surface area contributed by atoms with Gasteiger partial charge in [-0.1, -0.05) is 65.1 Å². The number of nitrogens with zero attached hydrogens (tertiary/aromatic N) is 1. The van der Waals surface area contributed by atoms with Crippen molar-refractivity contribution in [1.29, 1.82) is 0 Å². The van der Waals surface area contributed by atoms with Gasteiger partial charge in [0.1, 0.15) is 5.82 Å². The Hall–Kier alpha value is -1.48. The van der Waals surface area contributed by atoms with Crippen molar-refractivity contribution < 1.29 is 0 Å². The zero-order valence-corrected chi connectivity index (χ0v) is 13.9. The number of hydrogen-bond donors (Lipinski definition) is 1. The lowest BCUT2D eigenvalue weighted by Gasteiger charge is -2.03. The van der Waals surface area contributed by atoms with E-state index in [0.717, 1.165) is 29.9 Å². The van der Waals surface area contributed by atoms with Gasteiger partial charge in [0.15, 0.2) is 0 Å². The number of benzene rings is 2. The molecule has 0 amide bonds. The molecule has 0 aliphatic rings. The van der Waals surface area contributed by atoms with Gasteiger partial charge in [-0.25, -0.2) is 4.98 Å². The van der Waals surface area contributed by atoms with E-state index in [-0.39, 0.29) is 0 Å². The van der Waals surface area contributed by atoms with Crippen molar-refractivity contribution in [3.05, 3.63) is 75.1 Å². The van der Waals surface area contributed by atoms with Gasteiger partial charge in [0, 0.05) is 12.0 Å². The van der Waals surface area contributed by atoms with Crippen LogP contribution in [0, 0.1) is 0 Å². The second kappa shape index (κ2) is 6.74. The lowest BCUT2D eigenvalue weighted by Crippen LogP contribution is -1.93. The van der Waals surface area contributed by atoms with E-state index in [2.05, 4.69) is 22.1 Å². The first-order chi connectivity index (χ1) is 10.6. The maximum absolute atomic E-state index is 6.07. The lowest BCUT2D eigenvalue weighted by molar-refractivity contribution is 0.885. The van der Waals surface area contributed by atoms with Crippen LogP contribution in [-0.2, 0) is 12.8 Å². The first kappa shape index (κ1) is 15.4. The SMILES string of the molecule is Clc1cc(-c2cnc(CCc3ccccc3)[nH]2)cc(Cl)c1Cl. The molecule has 3 aromatic rings. The van der Waals surface area contributed by atoms with Crippen LogP contribution >= 0.6 is 34.8 Å². The van der Waals surface area contributed by atoms with Gasteiger partial charge in [-0.15, -0.1) is 0 Å². The van der Waals surface area contributed by atoms with Crippen molar-refractivity contribution in [3.63, 3.8) is 0 Å². The summed E-state index contributed by atoms with van der Waals surface area (Å²) in [4.78, 5) is 7.72. The van der Waals surface area contributed by atoms with Crippen molar-refractivity contribution in [2.24, 2.45) is 0 Å². The van der Waals surface area contributed by atoms with Gasteiger partial charge >= 0.3 is 0 Å². The predicted molar refractivity (Wildman–Crippen MR) is 92.9 cm³/mol. The Morgan fingerprint density at radius 3 is 2.27 bits per heavy atom. The van der Waals surface area contributed by atoms with E-state index in [1.165, 1.54) is 5.56 Å². The second-order valence-corrected chi connectivity index (χ2v) is 6.18. The number of rotatable bonds is 4. The van der Waals surface area contributed by atoms with E-state index in [0.29, 0.717) is 15.1 Å². The summed E-state index contributed by atoms with van der Waals surface area (Å²) in [6, 6.07) is 13.9. The number of aromatic nitrogens is 2. The molecule has 0 radical (unpaired) electrons. The molecule has 1 aromatic heterocycles. The van der Waals surface area contributed by atoms with Gasteiger partial charge < -0.3 is 4.98 Å². The smallest absolute Gasteiger partial charge is 0.106 e. The van der Waals surface area contributed by atoms with Crippen LogP contribution in [0.4, 0.5) is 0 Å². The summed E-state index contributed by atoms with van der Waals surface area (Å²) in [7, 11) is 0. The minimum Gasteiger partial charge on any atom is -0.342 e. The first-order valence-electron chi connectivity index (χ1n) is 6.86. The van der Waals surface area contributed by atoms with Gasteiger partial charge in [-0.3, -0.25) is 0 Å². The highest BCUT2D eigenvalue weighted by Crippen LogP contribution is 2.34. The maximum Gasteiger partial charge on any atom is 0.106 e. The Kier molecular flexibility index (Phi) is 4.72. The standard InChI is InChI=1S/C17H13Cl3N2/c18-13-8-12(9-14(19)17(13)20)15-10-21-16(22-15)7-6-11-4-2-1-3-5-11/h1-5,8-10H,6-7H2,(H,21,22). The molecule has 22 heavy (non-hydrogen) atoms. The molecule has 5 heteroatoms. The van der Waals surface area contributed by atoms with E-state index in [9.17, 15) is 0 Å². The predicted octanol–water partition coefficient (Wildman–Crippen LogP) is 5.82. The fourth-order valence-electron chi connectivity index (χ4n) is 2.25. The van der Waals surface area contributed by atoms with Crippen LogP contribution in [0.3, 0.4) is 0 Å². The molecule has 0 saturated heterocycles. The van der Waals surface area contributed by atoms with Crippen molar-refractivity contribution in [3.8, 4) is 11.3 Å². The van der Waals surface area contributed by atoms with Crippen molar-refractivity contribution >= 4 is 34.8 Å². The largest absolute Gasteiger partial charge is 0.342 e. The highest BCUT2D eigenvalue weighted by molar-refractivity contribution is 6.48. The van der Waals surface area contributed by atoms with Crippen LogP contribution in [0.5, 0.6) is 0 Å². The molecule has 0 aliphatic carbocycles. The Morgan fingerprint density at radius 2 is 1.59 bits per heavy atom. The molecule has 112 valence electrons. The van der Waals surface area contributed by atoms with Crippen LogP contribution in [-0.4, -0.2) is 9.97 Å². The van der Waals surface area contributed by atoms with E-state index in [1.54, 1.807) is 18.3 Å². The quantitative estimate of drug-likeness (QED) is 0.589. The first-order valence-corrected chi connectivity index (χ1v) is 7.99. The zero-order chi connectivity index (χ0) is 15.5. The summed E-state index contributed by atoms with van der Waals surface area (Å²) in [5, 5.41) is 1.24. The monoisotopic (exact) mass is 350 g/mol. The van der Waals surface area contributed by atoms with Gasteiger partial charge in [0.05, 0.1) is 27.0 Å². The molecule has 2 nitrogen and oxygen atoms in total. The molecule has 1 N–H and O–H groups in total. The molecule has 2 aromatic carbocycles. The Bertz CT molecular complexity index is 759. The van der Waals surface area contributed by atoms with Crippen molar-refractivity contribution in [2.45, 2.75) is 12.8 Å². The molecule has 0 saturated carbocycles. The molecule has 0 unspecified atom stereocenters. The summed E-state index contributed by atoms with van der Waals surface area (Å²) in [6.07, 6.45) is 3.57. The lowest BCUT2D eigenvalue weighted by atomic mass is 10.1. The minimum absolute atomic E-state index is 0.371. The summed E-state index contributed by atoms with van der Waals surface area (Å²) >= 11 is 18.1. The number of nitrogens with one attached hydrogen (secondary N) is 1. The van der Waals surface area contributed by atoms with Gasteiger partial charge in [-0.2, -0.15) is 0 Å². The fraction of sp³-hybridized carbons (Fsp3) is 0.118. The summed E-state index contributed by atoms with van der Waals surface area (Å²) in [5.74, 6) is 0.932. The van der Waals surface area contributed by atoms with Crippen LogP contribution in [0.1, 0.15) is 11.4 Å². The van der Waals surface area contributed by atoms with E-state index < -0.39 is 0 Å². The van der Waals surface area contributed by atoms with Crippen LogP contribution < -0.4 is 0 Å². The highest BCUT2D eigenvalue weighted by atomic mass is 35.5. The number of aromatic amines is 1. The third-order valence-corrected chi connectivity index (χ3v) is 4.61. The number of hydrogen-bond acceptors (Lipinski definition) is 1. The van der Waals surface area contributed by atoms with Gasteiger partial charge in [0.25, 0.3) is 0 Å². The second-order valence-electron chi connectivity index (χ2n) is 4.98. The molecule has 0 atom stereocenters. The van der Waals surface area contributed by atoms with Crippen molar-refractivity contribution in [1.82, 2.24) is 9.97 Å². The number of H-pyrrole nitrogens is 1. The van der Waals surface area contributed by atoms with E-state index in [1.807, 2.05) is 18.2 Å². The fourth-order valence-corrected chi connectivity index (χ4v) is 2.85. The van der Waals surface area contributed by atoms with Crippen LogP contribution in [0.15, 0.2) is 48.7 Å². The number of aryl methyl sites for hydroxylation is 2. The van der Waals surface area contributed by atoms with Crippen molar-refractivity contribution in [2.75, 3.05) is 0 Å². The average molecular weight is 352 g/mol. The Balaban J connectivity index is 1.76. The highest BCUT2D eigenvalue weighted by Gasteiger charge is 2.09. The molecule has 0 bridgehead atoms. The number of halogens is 3. The van der Waals surface area contributed by atoms with Crippen LogP contribution in [0.25, 0.3) is 11.3 Å². The topological polar surface area (TPSA) is 28.7 Å². The third-order valence-electron chi connectivity index (χ3n) is 3.42. The third kappa shape index (κ3) is 3.46. The molecule has 0 fully saturated rings. The normalized spacial score (nSPS) is 10.9. The van der Waals surface area contributed by atoms with E-state index >= 15 is 0 Å². The summed E-state index contributed by atoms with van der Waals surface area (Å²) in [5.41, 5.74) is 3.04.